The highest BCUT2D eigenvalue weighted by molar-refractivity contribution is 7.99. The molecular formula is C24H32FN3O3S. The molecule has 174 valence electrons. The molecule has 1 aromatic carbocycles. The zero-order valence-corrected chi connectivity index (χ0v) is 19.7. The minimum Gasteiger partial charge on any atom is -0.493 e. The van der Waals surface area contributed by atoms with Crippen molar-refractivity contribution in [1.82, 2.24) is 14.9 Å². The molecule has 1 aromatic heterocycles. The molecule has 2 aliphatic rings. The first-order valence-corrected chi connectivity index (χ1v) is 12.7. The lowest BCUT2D eigenvalue weighted by molar-refractivity contribution is -0.130. The van der Waals surface area contributed by atoms with E-state index in [1.54, 1.807) is 13.0 Å². The minimum absolute atomic E-state index is 0.0210. The average Bonchev–Trinajstić information content (AvgIpc) is 2.77. The molecule has 0 spiro atoms. The second-order valence-corrected chi connectivity index (χ2v) is 10.6. The number of fused-ring (bicyclic) bond motifs is 1. The zero-order chi connectivity index (χ0) is 22.7. The maximum atomic E-state index is 14.7. The van der Waals surface area contributed by atoms with Gasteiger partial charge in [-0.15, -0.1) is 0 Å². The maximum Gasteiger partial charge on any atom is 0.261 e. The van der Waals surface area contributed by atoms with E-state index < -0.39 is 11.4 Å². The fourth-order valence-electron chi connectivity index (χ4n) is 4.62. The Morgan fingerprint density at radius 2 is 1.94 bits per heavy atom. The first-order chi connectivity index (χ1) is 15.4. The highest BCUT2D eigenvalue weighted by Crippen LogP contribution is 2.33. The first kappa shape index (κ1) is 23.1. The second-order valence-electron chi connectivity index (χ2n) is 9.27. The molecule has 2 aromatic rings. The van der Waals surface area contributed by atoms with Crippen LogP contribution in [0.15, 0.2) is 16.9 Å². The predicted molar refractivity (Wildman–Crippen MR) is 126 cm³/mol. The van der Waals surface area contributed by atoms with Gasteiger partial charge >= 0.3 is 0 Å². The number of aromatic amines is 1. The lowest BCUT2D eigenvalue weighted by atomic mass is 9.91. The van der Waals surface area contributed by atoms with E-state index in [0.717, 1.165) is 31.8 Å². The smallest absolute Gasteiger partial charge is 0.261 e. The molecule has 1 aliphatic carbocycles. The van der Waals surface area contributed by atoms with Crippen molar-refractivity contribution < 1.29 is 13.9 Å². The van der Waals surface area contributed by atoms with Crippen LogP contribution >= 0.6 is 11.8 Å². The molecule has 1 saturated heterocycles. The summed E-state index contributed by atoms with van der Waals surface area (Å²) in [5.74, 6) is 2.20. The molecule has 4 rings (SSSR count). The molecule has 1 amide bonds. The quantitative estimate of drug-likeness (QED) is 0.685. The van der Waals surface area contributed by atoms with Crippen LogP contribution in [0.5, 0.6) is 5.75 Å². The van der Waals surface area contributed by atoms with Gasteiger partial charge in [0.2, 0.25) is 5.91 Å². The Balaban J connectivity index is 1.41. The van der Waals surface area contributed by atoms with E-state index in [1.165, 1.54) is 31.7 Å². The van der Waals surface area contributed by atoms with Gasteiger partial charge in [0.25, 0.3) is 5.56 Å². The molecule has 0 unspecified atom stereocenters. The molecule has 1 saturated carbocycles. The number of amides is 1. The number of hydrogen-bond donors (Lipinski definition) is 1. The third kappa shape index (κ3) is 5.63. The Bertz CT molecular complexity index is 1010. The fraction of sp³-hybridized carbons (Fsp3) is 0.625. The van der Waals surface area contributed by atoms with E-state index in [0.29, 0.717) is 40.6 Å². The number of rotatable bonds is 6. The number of ether oxygens (including phenoxy) is 1. The van der Waals surface area contributed by atoms with E-state index in [-0.39, 0.29) is 11.3 Å². The molecule has 32 heavy (non-hydrogen) atoms. The molecule has 1 aliphatic heterocycles. The molecule has 0 radical (unpaired) electrons. The summed E-state index contributed by atoms with van der Waals surface area (Å²) in [5, 5.41) is 0.570. The largest absolute Gasteiger partial charge is 0.493 e. The van der Waals surface area contributed by atoms with Gasteiger partial charge in [-0.1, -0.05) is 6.92 Å². The number of nitrogens with zero attached hydrogens (tertiary/aromatic N) is 2. The van der Waals surface area contributed by atoms with E-state index in [1.807, 2.05) is 16.7 Å². The van der Waals surface area contributed by atoms with Crippen molar-refractivity contribution >= 4 is 28.6 Å². The Hall–Kier alpha value is -2.09. The van der Waals surface area contributed by atoms with Crippen LogP contribution in [0.4, 0.5) is 4.39 Å². The van der Waals surface area contributed by atoms with Gasteiger partial charge in [-0.25, -0.2) is 9.37 Å². The number of aromatic nitrogens is 2. The highest BCUT2D eigenvalue weighted by Gasteiger charge is 2.22. The van der Waals surface area contributed by atoms with Crippen LogP contribution in [0.25, 0.3) is 10.9 Å². The van der Waals surface area contributed by atoms with Crippen LogP contribution in [0, 0.1) is 17.7 Å². The molecule has 1 N–H and O–H groups in total. The topological polar surface area (TPSA) is 75.3 Å². The zero-order valence-electron chi connectivity index (χ0n) is 18.9. The van der Waals surface area contributed by atoms with E-state index in [4.69, 9.17) is 4.74 Å². The van der Waals surface area contributed by atoms with Gasteiger partial charge in [0.1, 0.15) is 22.8 Å². The standard InChI is InChI=1S/C24H32FN3O3S/c1-15-3-5-19(6-4-15)32-14-22-26-21-12-18(11-20(25)23(21)24(30)27-22)31-13-17-7-9-28(10-8-17)16(2)29/h11-12,15,17,19H,3-10,13-14H2,1-2H3,(H,26,27,30). The third-order valence-electron chi connectivity index (χ3n) is 6.75. The number of hydrogen-bond acceptors (Lipinski definition) is 5. The summed E-state index contributed by atoms with van der Waals surface area (Å²) in [4.78, 5) is 33.1. The number of carbonyl (C=O) groups is 1. The number of benzene rings is 1. The van der Waals surface area contributed by atoms with Crippen LogP contribution in [0.2, 0.25) is 0 Å². The molecule has 8 heteroatoms. The van der Waals surface area contributed by atoms with Crippen LogP contribution < -0.4 is 10.3 Å². The minimum atomic E-state index is -0.613. The number of thioether (sulfide) groups is 1. The van der Waals surface area contributed by atoms with Gasteiger partial charge in [0.15, 0.2) is 0 Å². The summed E-state index contributed by atoms with van der Waals surface area (Å²) < 4.78 is 20.5. The van der Waals surface area contributed by atoms with Crippen molar-refractivity contribution in [2.75, 3.05) is 19.7 Å². The van der Waals surface area contributed by atoms with Crippen LogP contribution in [0.1, 0.15) is 58.2 Å². The van der Waals surface area contributed by atoms with Crippen molar-refractivity contribution in [2.45, 2.75) is 63.4 Å². The van der Waals surface area contributed by atoms with Crippen molar-refractivity contribution in [2.24, 2.45) is 11.8 Å². The number of piperidine rings is 1. The van der Waals surface area contributed by atoms with E-state index in [2.05, 4.69) is 16.9 Å². The third-order valence-corrected chi connectivity index (χ3v) is 8.13. The number of nitrogens with one attached hydrogen (secondary N) is 1. The van der Waals surface area contributed by atoms with E-state index in [9.17, 15) is 14.0 Å². The molecular weight excluding hydrogens is 429 g/mol. The number of likely N-dealkylation sites (tertiary alicyclic amines) is 1. The molecule has 0 atom stereocenters. The average molecular weight is 462 g/mol. The van der Waals surface area contributed by atoms with Gasteiger partial charge < -0.3 is 14.6 Å². The van der Waals surface area contributed by atoms with Crippen LogP contribution in [0.3, 0.4) is 0 Å². The molecule has 6 nitrogen and oxygen atoms in total. The lowest BCUT2D eigenvalue weighted by Crippen LogP contribution is -2.38. The van der Waals surface area contributed by atoms with Crippen molar-refractivity contribution in [3.05, 3.63) is 34.1 Å². The van der Waals surface area contributed by atoms with Gasteiger partial charge in [-0.3, -0.25) is 9.59 Å². The van der Waals surface area contributed by atoms with Crippen LogP contribution in [-0.4, -0.2) is 45.7 Å². The highest BCUT2D eigenvalue weighted by atomic mass is 32.2. The fourth-order valence-corrected chi connectivity index (χ4v) is 5.76. The summed E-state index contributed by atoms with van der Waals surface area (Å²) in [7, 11) is 0. The summed E-state index contributed by atoms with van der Waals surface area (Å²) >= 11 is 1.82. The summed E-state index contributed by atoms with van der Waals surface area (Å²) in [6.07, 6.45) is 6.63. The Labute approximate surface area is 192 Å². The van der Waals surface area contributed by atoms with Crippen molar-refractivity contribution in [3.63, 3.8) is 0 Å². The molecule has 0 bridgehead atoms. The Morgan fingerprint density at radius 3 is 2.62 bits per heavy atom. The van der Waals surface area contributed by atoms with Gasteiger partial charge in [0, 0.05) is 37.4 Å². The Morgan fingerprint density at radius 1 is 1.22 bits per heavy atom. The van der Waals surface area contributed by atoms with Gasteiger partial charge in [-0.05, 0) is 50.4 Å². The lowest BCUT2D eigenvalue weighted by Gasteiger charge is -2.31. The van der Waals surface area contributed by atoms with Gasteiger partial charge in [-0.2, -0.15) is 11.8 Å². The monoisotopic (exact) mass is 461 g/mol. The van der Waals surface area contributed by atoms with Gasteiger partial charge in [0.05, 0.1) is 17.9 Å². The first-order valence-electron chi connectivity index (χ1n) is 11.6. The Kier molecular flexibility index (Phi) is 7.38. The summed E-state index contributed by atoms with van der Waals surface area (Å²) in [5.41, 5.74) is -0.105. The van der Waals surface area contributed by atoms with E-state index >= 15 is 0 Å². The normalized spacial score (nSPS) is 22.3. The van der Waals surface area contributed by atoms with Crippen molar-refractivity contribution in [1.29, 1.82) is 0 Å². The molecule has 2 heterocycles. The summed E-state index contributed by atoms with van der Waals surface area (Å²) in [6.45, 7) is 5.81. The second kappa shape index (κ2) is 10.2. The predicted octanol–water partition coefficient (Wildman–Crippen LogP) is 4.51. The number of carbonyl (C=O) groups excluding carboxylic acids is 1. The SMILES string of the molecule is CC(=O)N1CCC(COc2cc(F)c3c(=O)[nH]c(CSC4CCC(C)CC4)nc3c2)CC1. The van der Waals surface area contributed by atoms with Crippen molar-refractivity contribution in [3.8, 4) is 5.75 Å². The number of halogens is 1. The maximum absolute atomic E-state index is 14.7. The molecule has 2 fully saturated rings. The number of H-pyrrole nitrogens is 1. The van der Waals surface area contributed by atoms with Crippen LogP contribution in [-0.2, 0) is 10.5 Å². The summed E-state index contributed by atoms with van der Waals surface area (Å²) in [6, 6.07) is 2.93.